The number of carbonyl (C=O) groups excluding carboxylic acids is 1. The molecule has 2 aliphatic rings. The minimum absolute atomic E-state index is 0.0764. The zero-order valence-electron chi connectivity index (χ0n) is 14.5. The summed E-state index contributed by atoms with van der Waals surface area (Å²) in [6, 6.07) is 8.02. The molecular weight excluding hydrogens is 304 g/mol. The molecule has 0 aromatic heterocycles. The molecule has 1 N–H and O–H groups in total. The lowest BCUT2D eigenvalue weighted by Crippen LogP contribution is -2.49. The highest BCUT2D eigenvalue weighted by Crippen LogP contribution is 2.20. The lowest BCUT2D eigenvalue weighted by Gasteiger charge is -2.36. The monoisotopic (exact) mass is 332 g/mol. The fraction of sp³-hybridized carbons (Fsp3) is 0.632. The molecular formula is C19H28N2O3. The minimum atomic E-state index is -0.372. The summed E-state index contributed by atoms with van der Waals surface area (Å²) >= 11 is 0. The van der Waals surface area contributed by atoms with Gasteiger partial charge in [0.15, 0.2) is 0 Å². The standard InChI is InChI=1S/C19H28N2O3/c1-2-15-3-5-16(6-4-15)19(23)21-9-7-17(18(22)8-10-21)20-11-13-24-14-12-20/h3-6,17-18,22H,2,7-14H2,1H3/t17-,18-/m0/s1. The quantitative estimate of drug-likeness (QED) is 0.912. The molecule has 132 valence electrons. The van der Waals surface area contributed by atoms with Crippen molar-refractivity contribution in [2.24, 2.45) is 0 Å². The summed E-state index contributed by atoms with van der Waals surface area (Å²) in [6.45, 7) is 6.64. The molecule has 1 aromatic carbocycles. The first-order valence-electron chi connectivity index (χ1n) is 9.07. The smallest absolute Gasteiger partial charge is 0.253 e. The van der Waals surface area contributed by atoms with E-state index < -0.39 is 0 Å². The van der Waals surface area contributed by atoms with Crippen LogP contribution in [0.1, 0.15) is 35.7 Å². The number of rotatable bonds is 3. The largest absolute Gasteiger partial charge is 0.391 e. The molecule has 2 aliphatic heterocycles. The second kappa shape index (κ2) is 8.10. The number of aryl methyl sites for hydroxylation is 1. The van der Waals surface area contributed by atoms with Gasteiger partial charge in [-0.1, -0.05) is 19.1 Å². The van der Waals surface area contributed by atoms with Crippen LogP contribution in [0, 0.1) is 0 Å². The van der Waals surface area contributed by atoms with E-state index in [1.54, 1.807) is 0 Å². The van der Waals surface area contributed by atoms with Crippen LogP contribution in [-0.4, -0.2) is 72.4 Å². The summed E-state index contributed by atoms with van der Waals surface area (Å²) in [4.78, 5) is 17.0. The SMILES string of the molecule is CCc1ccc(C(=O)N2CC[C@H](O)[C@@H](N3CCOCC3)CC2)cc1. The van der Waals surface area contributed by atoms with E-state index in [1.165, 1.54) is 5.56 Å². The van der Waals surface area contributed by atoms with Crippen molar-refractivity contribution in [3.8, 4) is 0 Å². The second-order valence-corrected chi connectivity index (χ2v) is 6.70. The van der Waals surface area contributed by atoms with Crippen molar-refractivity contribution < 1.29 is 14.6 Å². The topological polar surface area (TPSA) is 53.0 Å². The van der Waals surface area contributed by atoms with E-state index in [0.29, 0.717) is 19.5 Å². The number of nitrogens with zero attached hydrogens (tertiary/aromatic N) is 2. The van der Waals surface area contributed by atoms with Gasteiger partial charge in [-0.15, -0.1) is 0 Å². The number of hydrogen-bond acceptors (Lipinski definition) is 4. The normalized spacial score (nSPS) is 26.2. The van der Waals surface area contributed by atoms with Crippen molar-refractivity contribution in [2.45, 2.75) is 38.3 Å². The van der Waals surface area contributed by atoms with Gasteiger partial charge in [0.1, 0.15) is 0 Å². The summed E-state index contributed by atoms with van der Waals surface area (Å²) in [5, 5.41) is 10.5. The highest BCUT2D eigenvalue weighted by molar-refractivity contribution is 5.94. The number of aliphatic hydroxyl groups excluding tert-OH is 1. The number of carbonyl (C=O) groups is 1. The first kappa shape index (κ1) is 17.4. The van der Waals surface area contributed by atoms with E-state index >= 15 is 0 Å². The van der Waals surface area contributed by atoms with Crippen LogP contribution in [-0.2, 0) is 11.2 Å². The molecule has 0 aliphatic carbocycles. The Labute approximate surface area is 144 Å². The molecule has 2 heterocycles. The Morgan fingerprint density at radius 2 is 1.79 bits per heavy atom. The number of hydrogen-bond donors (Lipinski definition) is 1. The third-order valence-electron chi connectivity index (χ3n) is 5.24. The van der Waals surface area contributed by atoms with Crippen LogP contribution < -0.4 is 0 Å². The van der Waals surface area contributed by atoms with Gasteiger partial charge in [-0.05, 0) is 37.0 Å². The van der Waals surface area contributed by atoms with Crippen molar-refractivity contribution in [1.82, 2.24) is 9.80 Å². The fourth-order valence-corrected chi connectivity index (χ4v) is 3.68. The first-order chi connectivity index (χ1) is 11.7. The predicted molar refractivity (Wildman–Crippen MR) is 93.1 cm³/mol. The van der Waals surface area contributed by atoms with Crippen LogP contribution in [0.3, 0.4) is 0 Å². The Balaban J connectivity index is 1.64. The number of benzene rings is 1. The number of morpholine rings is 1. The zero-order chi connectivity index (χ0) is 16.9. The lowest BCUT2D eigenvalue weighted by atomic mass is 10.0. The zero-order valence-corrected chi connectivity index (χ0v) is 14.5. The lowest BCUT2D eigenvalue weighted by molar-refractivity contribution is -0.0222. The van der Waals surface area contributed by atoms with Crippen molar-refractivity contribution in [2.75, 3.05) is 39.4 Å². The van der Waals surface area contributed by atoms with Crippen molar-refractivity contribution in [3.05, 3.63) is 35.4 Å². The van der Waals surface area contributed by atoms with Gasteiger partial charge in [-0.25, -0.2) is 0 Å². The Morgan fingerprint density at radius 1 is 1.12 bits per heavy atom. The van der Waals surface area contributed by atoms with Gasteiger partial charge in [0, 0.05) is 37.8 Å². The summed E-state index contributed by atoms with van der Waals surface area (Å²) < 4.78 is 5.41. The average molecular weight is 332 g/mol. The van der Waals surface area contributed by atoms with Gasteiger partial charge in [0.05, 0.1) is 19.3 Å². The van der Waals surface area contributed by atoms with E-state index in [4.69, 9.17) is 4.74 Å². The molecule has 3 rings (SSSR count). The molecule has 1 amide bonds. The molecule has 1 aromatic rings. The van der Waals surface area contributed by atoms with Crippen LogP contribution in [0.2, 0.25) is 0 Å². The summed E-state index contributed by atoms with van der Waals surface area (Å²) in [5.41, 5.74) is 1.98. The van der Waals surface area contributed by atoms with Crippen molar-refractivity contribution >= 4 is 5.91 Å². The maximum Gasteiger partial charge on any atom is 0.253 e. The van der Waals surface area contributed by atoms with Crippen LogP contribution in [0.25, 0.3) is 0 Å². The van der Waals surface area contributed by atoms with E-state index in [2.05, 4.69) is 11.8 Å². The molecule has 0 bridgehead atoms. The van der Waals surface area contributed by atoms with Gasteiger partial charge in [-0.3, -0.25) is 9.69 Å². The molecule has 0 saturated carbocycles. The second-order valence-electron chi connectivity index (χ2n) is 6.70. The van der Waals surface area contributed by atoms with E-state index in [0.717, 1.165) is 44.7 Å². The van der Waals surface area contributed by atoms with E-state index in [1.807, 2.05) is 29.2 Å². The Hall–Kier alpha value is -1.43. The maximum atomic E-state index is 12.8. The molecule has 0 radical (unpaired) electrons. The third-order valence-corrected chi connectivity index (χ3v) is 5.24. The Bertz CT molecular complexity index is 540. The van der Waals surface area contributed by atoms with Crippen LogP contribution in [0.15, 0.2) is 24.3 Å². The van der Waals surface area contributed by atoms with E-state index in [-0.39, 0.29) is 18.1 Å². The first-order valence-corrected chi connectivity index (χ1v) is 9.07. The summed E-state index contributed by atoms with van der Waals surface area (Å²) in [5.74, 6) is 0.0764. The molecule has 0 unspecified atom stereocenters. The van der Waals surface area contributed by atoms with Gasteiger partial charge in [0.2, 0.25) is 0 Å². The van der Waals surface area contributed by atoms with Crippen LogP contribution >= 0.6 is 0 Å². The van der Waals surface area contributed by atoms with Crippen molar-refractivity contribution in [3.63, 3.8) is 0 Å². The predicted octanol–water partition coefficient (Wildman–Crippen LogP) is 1.55. The molecule has 2 saturated heterocycles. The molecule has 2 atom stereocenters. The fourth-order valence-electron chi connectivity index (χ4n) is 3.68. The number of aliphatic hydroxyl groups is 1. The Morgan fingerprint density at radius 3 is 2.46 bits per heavy atom. The van der Waals surface area contributed by atoms with Gasteiger partial charge in [-0.2, -0.15) is 0 Å². The third kappa shape index (κ3) is 3.97. The Kier molecular flexibility index (Phi) is 5.87. The van der Waals surface area contributed by atoms with Gasteiger partial charge in [0.25, 0.3) is 5.91 Å². The minimum Gasteiger partial charge on any atom is -0.391 e. The van der Waals surface area contributed by atoms with Crippen LogP contribution in [0.4, 0.5) is 0 Å². The molecule has 24 heavy (non-hydrogen) atoms. The molecule has 5 heteroatoms. The van der Waals surface area contributed by atoms with Crippen molar-refractivity contribution in [1.29, 1.82) is 0 Å². The highest BCUT2D eigenvalue weighted by Gasteiger charge is 2.32. The number of ether oxygens (including phenoxy) is 1. The maximum absolute atomic E-state index is 12.8. The van der Waals surface area contributed by atoms with Gasteiger partial charge >= 0.3 is 0 Å². The highest BCUT2D eigenvalue weighted by atomic mass is 16.5. The molecule has 0 spiro atoms. The van der Waals surface area contributed by atoms with Crippen LogP contribution in [0.5, 0.6) is 0 Å². The molecule has 5 nitrogen and oxygen atoms in total. The summed E-state index contributed by atoms with van der Waals surface area (Å²) in [6.07, 6.45) is 2.06. The number of likely N-dealkylation sites (tertiary alicyclic amines) is 1. The molecule has 2 fully saturated rings. The number of amides is 1. The summed E-state index contributed by atoms with van der Waals surface area (Å²) in [7, 11) is 0. The van der Waals surface area contributed by atoms with Gasteiger partial charge < -0.3 is 14.7 Å². The average Bonchev–Trinajstić information content (AvgIpc) is 2.84. The van der Waals surface area contributed by atoms with E-state index in [9.17, 15) is 9.90 Å².